The van der Waals surface area contributed by atoms with Crippen LogP contribution in [0.3, 0.4) is 0 Å². The summed E-state index contributed by atoms with van der Waals surface area (Å²) in [7, 11) is -3.43. The Morgan fingerprint density at radius 1 is 1.27 bits per heavy atom. The Labute approximate surface area is 132 Å². The molecule has 3 rings (SSSR count). The summed E-state index contributed by atoms with van der Waals surface area (Å²) in [5.41, 5.74) is 0.957. The van der Waals surface area contributed by atoms with Gasteiger partial charge in [-0.1, -0.05) is 12.1 Å². The Hall–Kier alpha value is -0.950. The summed E-state index contributed by atoms with van der Waals surface area (Å²) in [6.07, 6.45) is 2.73. The van der Waals surface area contributed by atoms with E-state index in [1.807, 2.05) is 13.0 Å². The molecule has 122 valence electrons. The average molecular weight is 324 g/mol. The van der Waals surface area contributed by atoms with Gasteiger partial charge in [-0.3, -0.25) is 4.90 Å². The Bertz CT molecular complexity index is 632. The molecule has 2 heterocycles. The molecule has 0 radical (unpaired) electrons. The topological polar surface area (TPSA) is 60.9 Å². The zero-order valence-corrected chi connectivity index (χ0v) is 13.8. The molecule has 2 atom stereocenters. The molecule has 6 heteroatoms. The second kappa shape index (κ2) is 6.28. The number of benzene rings is 1. The molecule has 0 aliphatic carbocycles. The first-order valence-corrected chi connectivity index (χ1v) is 9.40. The fourth-order valence-corrected chi connectivity index (χ4v) is 5.14. The number of hydrogen-bond acceptors (Lipinski definition) is 4. The summed E-state index contributed by atoms with van der Waals surface area (Å²) < 4.78 is 27.4. The van der Waals surface area contributed by atoms with E-state index in [-0.39, 0.29) is 18.7 Å². The minimum Gasteiger partial charge on any atom is -0.395 e. The Morgan fingerprint density at radius 2 is 2.05 bits per heavy atom. The van der Waals surface area contributed by atoms with E-state index in [4.69, 9.17) is 0 Å². The summed E-state index contributed by atoms with van der Waals surface area (Å²) in [5, 5.41) is 9.35. The molecule has 0 aromatic heterocycles. The highest BCUT2D eigenvalue weighted by molar-refractivity contribution is 7.89. The number of aryl methyl sites for hydroxylation is 1. The lowest BCUT2D eigenvalue weighted by Crippen LogP contribution is -2.62. The van der Waals surface area contributed by atoms with Crippen LogP contribution in [0.4, 0.5) is 0 Å². The lowest BCUT2D eigenvalue weighted by atomic mass is 9.92. The average Bonchev–Trinajstić information content (AvgIpc) is 2.46. The highest BCUT2D eigenvalue weighted by Gasteiger charge is 2.41. The smallest absolute Gasteiger partial charge is 0.243 e. The molecule has 1 aromatic rings. The predicted octanol–water partition coefficient (Wildman–Crippen LogP) is 1.21. The first-order valence-electron chi connectivity index (χ1n) is 7.96. The van der Waals surface area contributed by atoms with Crippen LogP contribution in [0, 0.1) is 6.92 Å². The molecule has 5 nitrogen and oxygen atoms in total. The Morgan fingerprint density at radius 3 is 2.77 bits per heavy atom. The fraction of sp³-hybridized carbons (Fsp3) is 0.625. The highest BCUT2D eigenvalue weighted by Crippen LogP contribution is 2.30. The van der Waals surface area contributed by atoms with Gasteiger partial charge in [-0.2, -0.15) is 4.31 Å². The van der Waals surface area contributed by atoms with Gasteiger partial charge >= 0.3 is 0 Å². The number of fused-ring (bicyclic) bond motifs is 1. The van der Waals surface area contributed by atoms with E-state index >= 15 is 0 Å². The fourth-order valence-electron chi connectivity index (χ4n) is 3.52. The van der Waals surface area contributed by atoms with Gasteiger partial charge in [-0.05, 0) is 50.4 Å². The van der Waals surface area contributed by atoms with E-state index < -0.39 is 10.0 Å². The molecule has 0 saturated carbocycles. The van der Waals surface area contributed by atoms with Crippen molar-refractivity contribution >= 4 is 10.0 Å². The van der Waals surface area contributed by atoms with Crippen LogP contribution in [0.5, 0.6) is 0 Å². The van der Waals surface area contributed by atoms with Gasteiger partial charge in [0.1, 0.15) is 0 Å². The molecule has 0 amide bonds. The van der Waals surface area contributed by atoms with E-state index in [1.165, 1.54) is 0 Å². The van der Waals surface area contributed by atoms with Gasteiger partial charge < -0.3 is 5.11 Å². The van der Waals surface area contributed by atoms with Crippen LogP contribution in [0.25, 0.3) is 0 Å². The standard InChI is InChI=1S/C16H24N2O3S/c1-13-5-4-6-16(9-13)22(20,21)17-7-2-3-8-18-14(11-17)10-15(18)12-19/h4-6,9,14-15,19H,2-3,7-8,10-12H2,1H3/t14-,15+/m1/s1. The predicted molar refractivity (Wildman–Crippen MR) is 85.2 cm³/mol. The largest absolute Gasteiger partial charge is 0.395 e. The Kier molecular flexibility index (Phi) is 4.54. The van der Waals surface area contributed by atoms with E-state index in [2.05, 4.69) is 4.90 Å². The van der Waals surface area contributed by atoms with Crippen molar-refractivity contribution in [2.75, 3.05) is 26.2 Å². The molecule has 1 aromatic carbocycles. The number of hydrogen-bond donors (Lipinski definition) is 1. The van der Waals surface area contributed by atoms with Gasteiger partial charge in [0.25, 0.3) is 0 Å². The van der Waals surface area contributed by atoms with Gasteiger partial charge in [0.15, 0.2) is 0 Å². The van der Waals surface area contributed by atoms with E-state index in [9.17, 15) is 13.5 Å². The number of nitrogens with zero attached hydrogens (tertiary/aromatic N) is 2. The number of rotatable bonds is 3. The monoisotopic (exact) mass is 324 g/mol. The molecule has 0 unspecified atom stereocenters. The normalized spacial score (nSPS) is 27.5. The van der Waals surface area contributed by atoms with E-state index in [0.717, 1.165) is 31.4 Å². The maximum atomic E-state index is 12.9. The quantitative estimate of drug-likeness (QED) is 0.908. The van der Waals surface area contributed by atoms with Crippen LogP contribution >= 0.6 is 0 Å². The van der Waals surface area contributed by atoms with Crippen molar-refractivity contribution in [2.45, 2.75) is 43.2 Å². The zero-order valence-electron chi connectivity index (χ0n) is 13.0. The summed E-state index contributed by atoms with van der Waals surface area (Å²) in [6, 6.07) is 7.58. The van der Waals surface area contributed by atoms with Crippen molar-refractivity contribution in [1.29, 1.82) is 0 Å². The molecule has 0 bridgehead atoms. The minimum absolute atomic E-state index is 0.168. The zero-order chi connectivity index (χ0) is 15.7. The van der Waals surface area contributed by atoms with E-state index in [1.54, 1.807) is 22.5 Å². The van der Waals surface area contributed by atoms with E-state index in [0.29, 0.717) is 18.0 Å². The third kappa shape index (κ3) is 2.93. The van der Waals surface area contributed by atoms with Crippen LogP contribution in [0.2, 0.25) is 0 Å². The highest BCUT2D eigenvalue weighted by atomic mass is 32.2. The molecule has 0 spiro atoms. The van der Waals surface area contributed by atoms with Crippen molar-refractivity contribution in [3.05, 3.63) is 29.8 Å². The maximum Gasteiger partial charge on any atom is 0.243 e. The summed E-state index contributed by atoms with van der Waals surface area (Å²) in [4.78, 5) is 2.65. The van der Waals surface area contributed by atoms with Crippen LogP contribution in [-0.2, 0) is 10.0 Å². The molecule has 2 aliphatic heterocycles. The summed E-state index contributed by atoms with van der Waals surface area (Å²) >= 11 is 0. The van der Waals surface area contributed by atoms with Gasteiger partial charge in [-0.25, -0.2) is 8.42 Å². The molecular formula is C16H24N2O3S. The molecule has 1 N–H and O–H groups in total. The minimum atomic E-state index is -3.43. The van der Waals surface area contributed by atoms with Crippen molar-refractivity contribution in [3.63, 3.8) is 0 Å². The molecule has 2 aliphatic rings. The second-order valence-electron chi connectivity index (χ2n) is 6.35. The van der Waals surface area contributed by atoms with Gasteiger partial charge in [-0.15, -0.1) is 0 Å². The van der Waals surface area contributed by atoms with Gasteiger partial charge in [0, 0.05) is 25.2 Å². The third-order valence-electron chi connectivity index (χ3n) is 4.81. The van der Waals surface area contributed by atoms with Crippen LogP contribution in [0.1, 0.15) is 24.8 Å². The molecular weight excluding hydrogens is 300 g/mol. The summed E-state index contributed by atoms with van der Waals surface area (Å²) in [6.45, 7) is 4.17. The maximum absolute atomic E-state index is 12.9. The lowest BCUT2D eigenvalue weighted by molar-refractivity contribution is -0.0306. The van der Waals surface area contributed by atoms with Crippen molar-refractivity contribution in [2.24, 2.45) is 0 Å². The lowest BCUT2D eigenvalue weighted by Gasteiger charge is -2.50. The van der Waals surface area contributed by atoms with Crippen molar-refractivity contribution in [1.82, 2.24) is 9.21 Å². The first-order chi connectivity index (χ1) is 10.5. The SMILES string of the molecule is Cc1cccc(S(=O)(=O)N2CCCCN3[C@H](CO)C[C@@H]3C2)c1. The number of sulfonamides is 1. The first kappa shape index (κ1) is 15.9. The van der Waals surface area contributed by atoms with Crippen LogP contribution in [-0.4, -0.2) is 61.1 Å². The molecule has 2 fully saturated rings. The number of aliphatic hydroxyl groups is 1. The molecule has 22 heavy (non-hydrogen) atoms. The van der Waals surface area contributed by atoms with Crippen molar-refractivity contribution < 1.29 is 13.5 Å². The third-order valence-corrected chi connectivity index (χ3v) is 6.67. The number of aliphatic hydroxyl groups excluding tert-OH is 1. The van der Waals surface area contributed by atoms with Gasteiger partial charge in [0.05, 0.1) is 11.5 Å². The van der Waals surface area contributed by atoms with Crippen molar-refractivity contribution in [3.8, 4) is 0 Å². The van der Waals surface area contributed by atoms with Crippen LogP contribution < -0.4 is 0 Å². The van der Waals surface area contributed by atoms with Gasteiger partial charge in [0.2, 0.25) is 10.0 Å². The summed E-state index contributed by atoms with van der Waals surface area (Å²) in [5.74, 6) is 0. The van der Waals surface area contributed by atoms with Crippen LogP contribution in [0.15, 0.2) is 29.2 Å². The second-order valence-corrected chi connectivity index (χ2v) is 8.29. The Balaban J connectivity index is 1.81. The molecule has 2 saturated heterocycles.